The second-order valence-electron chi connectivity index (χ2n) is 6.37. The van der Waals surface area contributed by atoms with Gasteiger partial charge in [0, 0.05) is 41.9 Å². The van der Waals surface area contributed by atoms with E-state index in [1.54, 1.807) is 25.3 Å². The lowest BCUT2D eigenvalue weighted by Crippen LogP contribution is -2.21. The Morgan fingerprint density at radius 3 is 2.39 bits per heavy atom. The molecule has 3 aromatic rings. The number of carbonyl (C=O) groups is 1. The average Bonchev–Trinajstić information content (AvgIpc) is 2.71. The van der Waals surface area contributed by atoms with E-state index >= 15 is 0 Å². The van der Waals surface area contributed by atoms with E-state index in [0.29, 0.717) is 17.3 Å². The molecule has 0 saturated heterocycles. The molecule has 3 rings (SSSR count). The van der Waals surface area contributed by atoms with E-state index in [2.05, 4.69) is 51.5 Å². The minimum atomic E-state index is 0.0214. The fourth-order valence-corrected chi connectivity index (χ4v) is 2.93. The molecule has 0 aliphatic heterocycles. The van der Waals surface area contributed by atoms with Crippen molar-refractivity contribution in [1.29, 1.82) is 0 Å². The number of Topliss-reactive ketones (excluding diaryl/α,β-unsaturated/α-hetero) is 1. The summed E-state index contributed by atoms with van der Waals surface area (Å²) in [7, 11) is 0. The molecule has 2 aromatic carbocycles. The monoisotopic (exact) mass is 375 g/mol. The number of ketones is 1. The Hall–Kier alpha value is -3.41. The summed E-state index contributed by atoms with van der Waals surface area (Å²) in [6.07, 6.45) is 1.69. The molecule has 1 aromatic heterocycles. The van der Waals surface area contributed by atoms with Crippen LogP contribution in [0.3, 0.4) is 0 Å². The molecular formula is C22H25N5O. The number of hydrogen-bond acceptors (Lipinski definition) is 6. The molecule has 0 bridgehead atoms. The average molecular weight is 375 g/mol. The lowest BCUT2D eigenvalue weighted by Gasteiger charge is -2.21. The number of carbonyl (C=O) groups excluding carboxylic acids is 1. The molecule has 1 heterocycles. The van der Waals surface area contributed by atoms with Crippen LogP contribution in [0, 0.1) is 0 Å². The van der Waals surface area contributed by atoms with Gasteiger partial charge in [0.05, 0.1) is 0 Å². The topological polar surface area (TPSA) is 70.2 Å². The van der Waals surface area contributed by atoms with Crippen molar-refractivity contribution in [2.24, 2.45) is 0 Å². The van der Waals surface area contributed by atoms with Crippen molar-refractivity contribution in [3.05, 3.63) is 66.4 Å². The van der Waals surface area contributed by atoms with Gasteiger partial charge in [-0.2, -0.15) is 4.98 Å². The number of aromatic nitrogens is 2. The van der Waals surface area contributed by atoms with Gasteiger partial charge in [-0.25, -0.2) is 4.98 Å². The third kappa shape index (κ3) is 4.85. The van der Waals surface area contributed by atoms with E-state index < -0.39 is 0 Å². The Balaban J connectivity index is 1.71. The van der Waals surface area contributed by atoms with Gasteiger partial charge in [-0.15, -0.1) is 0 Å². The summed E-state index contributed by atoms with van der Waals surface area (Å²) in [6.45, 7) is 7.81. The van der Waals surface area contributed by atoms with Gasteiger partial charge in [-0.05, 0) is 63.2 Å². The minimum absolute atomic E-state index is 0.0214. The first-order valence-corrected chi connectivity index (χ1v) is 9.42. The molecule has 144 valence electrons. The van der Waals surface area contributed by atoms with Crippen molar-refractivity contribution in [1.82, 2.24) is 9.97 Å². The Bertz CT molecular complexity index is 936. The van der Waals surface area contributed by atoms with E-state index in [1.807, 2.05) is 30.3 Å². The molecule has 0 radical (unpaired) electrons. The molecule has 0 spiro atoms. The Labute approximate surface area is 165 Å². The van der Waals surface area contributed by atoms with Crippen LogP contribution in [-0.4, -0.2) is 28.8 Å². The van der Waals surface area contributed by atoms with Crippen LogP contribution in [0.5, 0.6) is 0 Å². The van der Waals surface area contributed by atoms with E-state index in [1.165, 1.54) is 5.69 Å². The number of hydrogen-bond donors (Lipinski definition) is 2. The smallest absolute Gasteiger partial charge is 0.229 e. The maximum atomic E-state index is 11.5. The summed E-state index contributed by atoms with van der Waals surface area (Å²) in [5, 5.41) is 6.44. The Morgan fingerprint density at radius 2 is 1.71 bits per heavy atom. The first-order chi connectivity index (χ1) is 13.6. The molecule has 6 heteroatoms. The number of nitrogens with one attached hydrogen (secondary N) is 2. The number of benzene rings is 2. The Morgan fingerprint density at radius 1 is 0.964 bits per heavy atom. The summed E-state index contributed by atoms with van der Waals surface area (Å²) in [5.41, 5.74) is 3.58. The van der Waals surface area contributed by atoms with Crippen molar-refractivity contribution >= 4 is 34.6 Å². The lowest BCUT2D eigenvalue weighted by molar-refractivity contribution is 0.101. The lowest BCUT2D eigenvalue weighted by atomic mass is 10.1. The van der Waals surface area contributed by atoms with Gasteiger partial charge in [0.25, 0.3) is 0 Å². The van der Waals surface area contributed by atoms with Crippen LogP contribution in [0.4, 0.5) is 28.8 Å². The van der Waals surface area contributed by atoms with Crippen molar-refractivity contribution in [3.63, 3.8) is 0 Å². The summed E-state index contributed by atoms with van der Waals surface area (Å²) in [5.74, 6) is 1.18. The molecule has 0 aliphatic carbocycles. The maximum absolute atomic E-state index is 11.5. The van der Waals surface area contributed by atoms with Crippen LogP contribution in [0.25, 0.3) is 0 Å². The predicted molar refractivity (Wildman–Crippen MR) is 115 cm³/mol. The van der Waals surface area contributed by atoms with Crippen LogP contribution in [-0.2, 0) is 0 Å². The standard InChI is InChI=1S/C22H25N5O/c1-4-27(5-2)20-11-9-18(10-12-20)24-21-13-14-23-22(26-21)25-19-8-6-7-17(15-19)16(3)28/h6-15H,4-5H2,1-3H3,(H2,23,24,25,26). The van der Waals surface area contributed by atoms with Gasteiger partial charge < -0.3 is 15.5 Å². The molecular weight excluding hydrogens is 350 g/mol. The number of nitrogens with zero attached hydrogens (tertiary/aromatic N) is 3. The summed E-state index contributed by atoms with van der Waals surface area (Å²) >= 11 is 0. The van der Waals surface area contributed by atoms with Crippen LogP contribution < -0.4 is 15.5 Å². The number of rotatable bonds is 8. The fraction of sp³-hybridized carbons (Fsp3) is 0.227. The van der Waals surface area contributed by atoms with Gasteiger partial charge in [0.1, 0.15) is 5.82 Å². The van der Waals surface area contributed by atoms with Crippen LogP contribution in [0.1, 0.15) is 31.1 Å². The largest absolute Gasteiger partial charge is 0.372 e. The minimum Gasteiger partial charge on any atom is -0.372 e. The summed E-state index contributed by atoms with van der Waals surface area (Å²) in [6, 6.07) is 17.4. The third-order valence-corrected chi connectivity index (χ3v) is 4.45. The zero-order chi connectivity index (χ0) is 19.9. The van der Waals surface area contributed by atoms with Crippen LogP contribution in [0.15, 0.2) is 60.8 Å². The first kappa shape index (κ1) is 19.4. The zero-order valence-corrected chi connectivity index (χ0v) is 16.4. The normalized spacial score (nSPS) is 10.4. The highest BCUT2D eigenvalue weighted by Crippen LogP contribution is 2.21. The van der Waals surface area contributed by atoms with E-state index in [9.17, 15) is 4.79 Å². The highest BCUT2D eigenvalue weighted by molar-refractivity contribution is 5.95. The molecule has 0 unspecified atom stereocenters. The van der Waals surface area contributed by atoms with E-state index in [0.717, 1.165) is 24.5 Å². The fourth-order valence-electron chi connectivity index (χ4n) is 2.93. The van der Waals surface area contributed by atoms with E-state index in [-0.39, 0.29) is 5.78 Å². The Kier molecular flexibility index (Phi) is 6.22. The van der Waals surface area contributed by atoms with Crippen LogP contribution >= 0.6 is 0 Å². The SMILES string of the molecule is CCN(CC)c1ccc(Nc2ccnc(Nc3cccc(C(C)=O)c3)n2)cc1. The maximum Gasteiger partial charge on any atom is 0.229 e. The molecule has 0 aliphatic rings. The van der Waals surface area contributed by atoms with Crippen molar-refractivity contribution < 1.29 is 4.79 Å². The highest BCUT2D eigenvalue weighted by atomic mass is 16.1. The van der Waals surface area contributed by atoms with Crippen molar-refractivity contribution in [2.75, 3.05) is 28.6 Å². The molecule has 2 N–H and O–H groups in total. The second kappa shape index (κ2) is 8.99. The van der Waals surface area contributed by atoms with Gasteiger partial charge in [-0.1, -0.05) is 12.1 Å². The summed E-state index contributed by atoms with van der Waals surface area (Å²) < 4.78 is 0. The van der Waals surface area contributed by atoms with Crippen LogP contribution in [0.2, 0.25) is 0 Å². The quantitative estimate of drug-likeness (QED) is 0.539. The van der Waals surface area contributed by atoms with Gasteiger partial charge in [-0.3, -0.25) is 4.79 Å². The molecule has 0 amide bonds. The third-order valence-electron chi connectivity index (χ3n) is 4.45. The van der Waals surface area contributed by atoms with Gasteiger partial charge >= 0.3 is 0 Å². The van der Waals surface area contributed by atoms with Crippen molar-refractivity contribution in [3.8, 4) is 0 Å². The van der Waals surface area contributed by atoms with E-state index in [4.69, 9.17) is 0 Å². The van der Waals surface area contributed by atoms with Crippen molar-refractivity contribution in [2.45, 2.75) is 20.8 Å². The molecule has 28 heavy (non-hydrogen) atoms. The second-order valence-corrected chi connectivity index (χ2v) is 6.37. The van der Waals surface area contributed by atoms with Gasteiger partial charge in [0.15, 0.2) is 5.78 Å². The predicted octanol–water partition coefficient (Wildman–Crippen LogP) is 5.01. The summed E-state index contributed by atoms with van der Waals surface area (Å²) in [4.78, 5) is 22.6. The van der Waals surface area contributed by atoms with Gasteiger partial charge in [0.2, 0.25) is 5.95 Å². The molecule has 0 atom stereocenters. The molecule has 6 nitrogen and oxygen atoms in total. The molecule has 0 fully saturated rings. The first-order valence-electron chi connectivity index (χ1n) is 9.42. The molecule has 0 saturated carbocycles. The zero-order valence-electron chi connectivity index (χ0n) is 16.4. The highest BCUT2D eigenvalue weighted by Gasteiger charge is 2.05. The number of anilines is 5.